The van der Waals surface area contributed by atoms with Gasteiger partial charge in [0.2, 0.25) is 0 Å². The zero-order valence-electron chi connectivity index (χ0n) is 16.6. The molecule has 3 aromatic rings. The second kappa shape index (κ2) is 8.56. The highest BCUT2D eigenvalue weighted by molar-refractivity contribution is 6.36. The molecule has 1 N–H and O–H groups in total. The van der Waals surface area contributed by atoms with Crippen LogP contribution in [0.4, 0.5) is 5.69 Å². The molecule has 0 fully saturated rings. The van der Waals surface area contributed by atoms with E-state index < -0.39 is 0 Å². The molecule has 150 valence electrons. The number of amides is 2. The molecule has 1 aliphatic rings. The lowest BCUT2D eigenvalue weighted by Gasteiger charge is -2.16. The van der Waals surface area contributed by atoms with Crippen LogP contribution in [-0.4, -0.2) is 23.3 Å². The van der Waals surface area contributed by atoms with Crippen LogP contribution in [0, 0.1) is 6.92 Å². The van der Waals surface area contributed by atoms with Crippen LogP contribution in [0.25, 0.3) is 5.57 Å². The Hall–Kier alpha value is -3.37. The third-order valence-electron chi connectivity index (χ3n) is 5.22. The molecule has 0 bridgehead atoms. The SMILES string of the molecule is Cc1c(Cl)cccc1NC1=C(c2ccccc2)C(=O)N(CCc2ccccc2)C1=O. The molecule has 0 unspecified atom stereocenters. The molecule has 0 aliphatic carbocycles. The lowest BCUT2D eigenvalue weighted by molar-refractivity contribution is -0.136. The molecule has 2 amide bonds. The van der Waals surface area contributed by atoms with E-state index in [0.29, 0.717) is 34.8 Å². The van der Waals surface area contributed by atoms with Crippen molar-refractivity contribution < 1.29 is 9.59 Å². The third kappa shape index (κ3) is 3.87. The summed E-state index contributed by atoms with van der Waals surface area (Å²) in [6.07, 6.45) is 0.601. The molecular formula is C25H21ClN2O2. The van der Waals surface area contributed by atoms with Crippen LogP contribution in [0.1, 0.15) is 16.7 Å². The Balaban J connectivity index is 1.69. The van der Waals surface area contributed by atoms with Gasteiger partial charge in [0, 0.05) is 17.3 Å². The van der Waals surface area contributed by atoms with E-state index >= 15 is 0 Å². The summed E-state index contributed by atoms with van der Waals surface area (Å²) >= 11 is 6.25. The summed E-state index contributed by atoms with van der Waals surface area (Å²) in [6.45, 7) is 2.19. The van der Waals surface area contributed by atoms with Gasteiger partial charge in [0.15, 0.2) is 0 Å². The summed E-state index contributed by atoms with van der Waals surface area (Å²) in [5, 5.41) is 3.79. The quantitative estimate of drug-likeness (QED) is 0.570. The van der Waals surface area contributed by atoms with E-state index in [2.05, 4.69) is 5.32 Å². The Labute approximate surface area is 180 Å². The molecule has 5 heteroatoms. The summed E-state index contributed by atoms with van der Waals surface area (Å²) in [7, 11) is 0. The molecule has 0 saturated carbocycles. The maximum Gasteiger partial charge on any atom is 0.278 e. The largest absolute Gasteiger partial charge is 0.350 e. The average Bonchev–Trinajstić information content (AvgIpc) is 3.00. The topological polar surface area (TPSA) is 49.4 Å². The number of carbonyl (C=O) groups excluding carboxylic acids is 2. The Bertz CT molecular complexity index is 1120. The number of benzene rings is 3. The van der Waals surface area contributed by atoms with Gasteiger partial charge >= 0.3 is 0 Å². The van der Waals surface area contributed by atoms with Crippen molar-refractivity contribution in [2.75, 3.05) is 11.9 Å². The predicted octanol–water partition coefficient (Wildman–Crippen LogP) is 5.08. The standard InChI is InChI=1S/C25H21ClN2O2/c1-17-20(26)13-8-14-21(17)27-23-22(19-11-6-3-7-12-19)24(29)28(25(23)30)16-15-18-9-4-2-5-10-18/h2-14,27H,15-16H2,1H3. The summed E-state index contributed by atoms with van der Waals surface area (Å²) in [5.74, 6) is -0.613. The molecule has 1 heterocycles. The molecule has 30 heavy (non-hydrogen) atoms. The summed E-state index contributed by atoms with van der Waals surface area (Å²) in [5.41, 5.74) is 3.98. The summed E-state index contributed by atoms with van der Waals surface area (Å²) < 4.78 is 0. The van der Waals surface area contributed by atoms with Gasteiger partial charge in [-0.15, -0.1) is 0 Å². The van der Waals surface area contributed by atoms with Gasteiger partial charge in [0.05, 0.1) is 5.57 Å². The van der Waals surface area contributed by atoms with E-state index in [9.17, 15) is 9.59 Å². The lowest BCUT2D eigenvalue weighted by Crippen LogP contribution is -2.34. The normalized spacial score (nSPS) is 13.9. The first-order valence-corrected chi connectivity index (χ1v) is 10.2. The molecule has 0 spiro atoms. The van der Waals surface area contributed by atoms with Crippen molar-refractivity contribution >= 4 is 34.7 Å². The third-order valence-corrected chi connectivity index (χ3v) is 5.63. The van der Waals surface area contributed by atoms with Crippen LogP contribution in [0.15, 0.2) is 84.6 Å². The van der Waals surface area contributed by atoms with E-state index in [1.54, 1.807) is 6.07 Å². The molecular weight excluding hydrogens is 396 g/mol. The second-order valence-corrected chi connectivity index (χ2v) is 7.56. The number of rotatable bonds is 6. The van der Waals surface area contributed by atoms with Crippen molar-refractivity contribution in [1.82, 2.24) is 4.90 Å². The smallest absolute Gasteiger partial charge is 0.278 e. The van der Waals surface area contributed by atoms with Crippen LogP contribution in [0.2, 0.25) is 5.02 Å². The van der Waals surface area contributed by atoms with Gasteiger partial charge in [-0.2, -0.15) is 0 Å². The number of carbonyl (C=O) groups is 2. The van der Waals surface area contributed by atoms with Crippen molar-refractivity contribution in [2.24, 2.45) is 0 Å². The predicted molar refractivity (Wildman–Crippen MR) is 120 cm³/mol. The Morgan fingerprint density at radius 1 is 0.833 bits per heavy atom. The molecule has 1 aliphatic heterocycles. The van der Waals surface area contributed by atoms with Crippen LogP contribution >= 0.6 is 11.6 Å². The number of nitrogens with zero attached hydrogens (tertiary/aromatic N) is 1. The molecule has 0 atom stereocenters. The van der Waals surface area contributed by atoms with Crippen LogP contribution < -0.4 is 5.32 Å². The van der Waals surface area contributed by atoms with Crippen LogP contribution in [-0.2, 0) is 16.0 Å². The molecule has 3 aromatic carbocycles. The van der Waals surface area contributed by atoms with Crippen molar-refractivity contribution in [2.45, 2.75) is 13.3 Å². The Morgan fingerprint density at radius 2 is 1.50 bits per heavy atom. The minimum Gasteiger partial charge on any atom is -0.350 e. The first-order chi connectivity index (χ1) is 14.6. The van der Waals surface area contributed by atoms with Gasteiger partial charge in [-0.1, -0.05) is 78.3 Å². The molecule has 0 saturated heterocycles. The number of halogens is 1. The van der Waals surface area contributed by atoms with Gasteiger partial charge in [0.1, 0.15) is 5.70 Å². The van der Waals surface area contributed by atoms with E-state index in [1.165, 1.54) is 4.90 Å². The van der Waals surface area contributed by atoms with E-state index in [-0.39, 0.29) is 17.5 Å². The molecule has 4 nitrogen and oxygen atoms in total. The fourth-order valence-electron chi connectivity index (χ4n) is 3.53. The number of nitrogens with one attached hydrogen (secondary N) is 1. The number of imide groups is 1. The summed E-state index contributed by atoms with van der Waals surface area (Å²) in [4.78, 5) is 27.9. The maximum atomic E-state index is 13.3. The molecule has 0 aromatic heterocycles. The highest BCUT2D eigenvalue weighted by Crippen LogP contribution is 2.32. The van der Waals surface area contributed by atoms with Crippen LogP contribution in [0.3, 0.4) is 0 Å². The second-order valence-electron chi connectivity index (χ2n) is 7.15. The van der Waals surface area contributed by atoms with Crippen molar-refractivity contribution in [3.63, 3.8) is 0 Å². The zero-order chi connectivity index (χ0) is 21.1. The van der Waals surface area contributed by atoms with Crippen molar-refractivity contribution in [3.8, 4) is 0 Å². The number of anilines is 1. The highest BCUT2D eigenvalue weighted by Gasteiger charge is 2.39. The van der Waals surface area contributed by atoms with E-state index in [1.807, 2.05) is 79.7 Å². The van der Waals surface area contributed by atoms with Crippen LogP contribution in [0.5, 0.6) is 0 Å². The van der Waals surface area contributed by atoms with Gasteiger partial charge in [-0.05, 0) is 42.2 Å². The van der Waals surface area contributed by atoms with E-state index in [4.69, 9.17) is 11.6 Å². The van der Waals surface area contributed by atoms with Gasteiger partial charge < -0.3 is 5.32 Å². The highest BCUT2D eigenvalue weighted by atomic mass is 35.5. The van der Waals surface area contributed by atoms with E-state index in [0.717, 1.165) is 11.1 Å². The van der Waals surface area contributed by atoms with Gasteiger partial charge in [-0.25, -0.2) is 0 Å². The van der Waals surface area contributed by atoms with Crippen molar-refractivity contribution in [1.29, 1.82) is 0 Å². The van der Waals surface area contributed by atoms with Gasteiger partial charge in [0.25, 0.3) is 11.8 Å². The first-order valence-electron chi connectivity index (χ1n) is 9.78. The Kier molecular flexibility index (Phi) is 5.68. The maximum absolute atomic E-state index is 13.3. The minimum absolute atomic E-state index is 0.282. The Morgan fingerprint density at radius 3 is 2.20 bits per heavy atom. The average molecular weight is 417 g/mol. The minimum atomic E-state index is -0.325. The van der Waals surface area contributed by atoms with Crippen molar-refractivity contribution in [3.05, 3.63) is 106 Å². The lowest BCUT2D eigenvalue weighted by atomic mass is 10.0. The first kappa shape index (κ1) is 19.9. The molecule has 0 radical (unpaired) electrons. The fraction of sp³-hybridized carbons (Fsp3) is 0.120. The number of hydrogen-bond donors (Lipinski definition) is 1. The zero-order valence-corrected chi connectivity index (χ0v) is 17.3. The fourth-order valence-corrected chi connectivity index (χ4v) is 3.71. The number of hydrogen-bond acceptors (Lipinski definition) is 3. The summed E-state index contributed by atoms with van der Waals surface area (Å²) in [6, 6.07) is 24.6. The molecule has 4 rings (SSSR count). The van der Waals surface area contributed by atoms with Gasteiger partial charge in [-0.3, -0.25) is 14.5 Å². The monoisotopic (exact) mass is 416 g/mol.